The Morgan fingerprint density at radius 1 is 1.26 bits per heavy atom. The van der Waals surface area contributed by atoms with Gasteiger partial charge in [0.1, 0.15) is 28.5 Å². The number of hydrogen-bond donors (Lipinski definition) is 1. The fourth-order valence-electron chi connectivity index (χ4n) is 6.09. The number of carbonyl (C=O) groups excluding carboxylic acids is 1. The summed E-state index contributed by atoms with van der Waals surface area (Å²) in [5, 5.41) is 8.49. The number of piperidine rings is 2. The van der Waals surface area contributed by atoms with Gasteiger partial charge in [-0.1, -0.05) is 6.07 Å². The van der Waals surface area contributed by atoms with Crippen molar-refractivity contribution in [2.24, 2.45) is 0 Å². The standard InChI is InChI=1S/C27H37FN4O3/c1-17-22-23(21-19(28)8-7-9-20(21)34-27(22)11-13-29-14-12-27)30-32(17)18-10-15-31(26(5,6)16-18)24(33)35-25(2,3)4/h7-9,18,29H,10-16H2,1-6H3. The first-order valence-corrected chi connectivity index (χ1v) is 12.7. The third kappa shape index (κ3) is 4.09. The lowest BCUT2D eigenvalue weighted by Crippen LogP contribution is -2.54. The van der Waals surface area contributed by atoms with Crippen LogP contribution in [0.5, 0.6) is 5.75 Å². The zero-order valence-electron chi connectivity index (χ0n) is 21.7. The molecule has 0 aliphatic carbocycles. The molecule has 3 aliphatic heterocycles. The molecule has 1 atom stereocenters. The van der Waals surface area contributed by atoms with E-state index in [0.717, 1.165) is 50.0 Å². The highest BCUT2D eigenvalue weighted by Crippen LogP contribution is 2.51. The van der Waals surface area contributed by atoms with Crippen LogP contribution in [0.1, 0.15) is 77.6 Å². The smallest absolute Gasteiger partial charge is 0.410 e. The van der Waals surface area contributed by atoms with Gasteiger partial charge in [0.05, 0.1) is 11.6 Å². The van der Waals surface area contributed by atoms with Gasteiger partial charge in [0, 0.05) is 36.2 Å². The molecule has 1 N–H and O–H groups in total. The molecule has 7 nitrogen and oxygen atoms in total. The number of benzene rings is 1. The van der Waals surface area contributed by atoms with Crippen LogP contribution in [0, 0.1) is 12.7 Å². The molecular weight excluding hydrogens is 447 g/mol. The Balaban J connectivity index is 1.52. The number of hydrogen-bond acceptors (Lipinski definition) is 5. The fraction of sp³-hybridized carbons (Fsp3) is 0.630. The molecule has 0 saturated carbocycles. The lowest BCUT2D eigenvalue weighted by atomic mass is 9.80. The number of likely N-dealkylation sites (tertiary alicyclic amines) is 1. The van der Waals surface area contributed by atoms with Crippen LogP contribution in [-0.4, -0.2) is 51.5 Å². The summed E-state index contributed by atoms with van der Waals surface area (Å²) < 4.78 is 29.4. The van der Waals surface area contributed by atoms with Crippen LogP contribution in [0.4, 0.5) is 9.18 Å². The van der Waals surface area contributed by atoms with E-state index in [0.29, 0.717) is 23.6 Å². The molecule has 1 spiro atoms. The van der Waals surface area contributed by atoms with Crippen molar-refractivity contribution in [1.82, 2.24) is 20.0 Å². The summed E-state index contributed by atoms with van der Waals surface area (Å²) >= 11 is 0. The van der Waals surface area contributed by atoms with Crippen LogP contribution >= 0.6 is 0 Å². The number of carbonyl (C=O) groups is 1. The molecule has 190 valence electrons. The Morgan fingerprint density at radius 3 is 2.63 bits per heavy atom. The predicted octanol–water partition coefficient (Wildman–Crippen LogP) is 5.32. The lowest BCUT2D eigenvalue weighted by Gasteiger charge is -2.45. The van der Waals surface area contributed by atoms with Crippen LogP contribution in [0.3, 0.4) is 0 Å². The van der Waals surface area contributed by atoms with Crippen molar-refractivity contribution in [3.8, 4) is 17.0 Å². The topological polar surface area (TPSA) is 68.6 Å². The summed E-state index contributed by atoms with van der Waals surface area (Å²) in [5.41, 5.74) is 1.76. The number of ether oxygens (including phenoxy) is 2. The molecule has 2 fully saturated rings. The zero-order chi connectivity index (χ0) is 25.2. The zero-order valence-corrected chi connectivity index (χ0v) is 21.7. The third-order valence-corrected chi connectivity index (χ3v) is 7.65. The van der Waals surface area contributed by atoms with Gasteiger partial charge in [0.25, 0.3) is 0 Å². The van der Waals surface area contributed by atoms with E-state index in [1.54, 1.807) is 6.07 Å². The molecule has 2 saturated heterocycles. The molecule has 5 rings (SSSR count). The van der Waals surface area contributed by atoms with Crippen molar-refractivity contribution in [3.05, 3.63) is 35.3 Å². The van der Waals surface area contributed by atoms with Crippen LogP contribution < -0.4 is 10.1 Å². The van der Waals surface area contributed by atoms with Crippen LogP contribution in [0.25, 0.3) is 11.3 Å². The Labute approximate surface area is 207 Å². The second kappa shape index (κ2) is 8.22. The van der Waals surface area contributed by atoms with Gasteiger partial charge >= 0.3 is 6.09 Å². The summed E-state index contributed by atoms with van der Waals surface area (Å²) in [6.07, 6.45) is 2.82. The molecule has 1 aromatic carbocycles. The molecular formula is C27H37FN4O3. The van der Waals surface area contributed by atoms with Crippen molar-refractivity contribution in [3.63, 3.8) is 0 Å². The molecule has 1 unspecified atom stereocenters. The molecule has 35 heavy (non-hydrogen) atoms. The number of fused-ring (bicyclic) bond motifs is 4. The third-order valence-electron chi connectivity index (χ3n) is 7.65. The Bertz CT molecular complexity index is 1140. The van der Waals surface area contributed by atoms with E-state index < -0.39 is 16.7 Å². The number of rotatable bonds is 1. The van der Waals surface area contributed by atoms with Crippen LogP contribution in [-0.2, 0) is 10.3 Å². The first-order valence-electron chi connectivity index (χ1n) is 12.7. The lowest BCUT2D eigenvalue weighted by molar-refractivity contribution is -0.0144. The van der Waals surface area contributed by atoms with Gasteiger partial charge in [-0.3, -0.25) is 4.68 Å². The van der Waals surface area contributed by atoms with Crippen molar-refractivity contribution < 1.29 is 18.7 Å². The molecule has 2 aromatic rings. The minimum absolute atomic E-state index is 0.0864. The average Bonchev–Trinajstić information content (AvgIpc) is 3.10. The highest BCUT2D eigenvalue weighted by molar-refractivity contribution is 5.75. The Kier molecular flexibility index (Phi) is 5.66. The maximum Gasteiger partial charge on any atom is 0.410 e. The normalized spacial score (nSPS) is 22.8. The summed E-state index contributed by atoms with van der Waals surface area (Å²) in [6, 6.07) is 5.11. The van der Waals surface area contributed by atoms with Gasteiger partial charge < -0.3 is 19.7 Å². The molecule has 0 bridgehead atoms. The van der Waals surface area contributed by atoms with E-state index in [4.69, 9.17) is 14.6 Å². The molecule has 0 radical (unpaired) electrons. The summed E-state index contributed by atoms with van der Waals surface area (Å²) in [4.78, 5) is 14.7. The predicted molar refractivity (Wildman–Crippen MR) is 132 cm³/mol. The molecule has 8 heteroatoms. The molecule has 1 amide bonds. The van der Waals surface area contributed by atoms with Gasteiger partial charge in [0.15, 0.2) is 0 Å². The van der Waals surface area contributed by atoms with E-state index in [1.807, 2.05) is 31.7 Å². The van der Waals surface area contributed by atoms with E-state index in [9.17, 15) is 4.79 Å². The highest BCUT2D eigenvalue weighted by atomic mass is 19.1. The minimum atomic E-state index is -0.539. The van der Waals surface area contributed by atoms with Gasteiger partial charge in [0.2, 0.25) is 0 Å². The second-order valence-electron chi connectivity index (χ2n) is 11.8. The van der Waals surface area contributed by atoms with Crippen molar-refractivity contribution >= 4 is 6.09 Å². The minimum Gasteiger partial charge on any atom is -0.481 e. The Morgan fingerprint density at radius 2 is 1.97 bits per heavy atom. The molecule has 3 aliphatic rings. The summed E-state index contributed by atoms with van der Waals surface area (Å²) in [6.45, 7) is 14.2. The maximum atomic E-state index is 15.1. The van der Waals surface area contributed by atoms with Crippen LogP contribution in [0.2, 0.25) is 0 Å². The average molecular weight is 485 g/mol. The Hall–Kier alpha value is -2.61. The number of nitrogens with one attached hydrogen (secondary N) is 1. The van der Waals surface area contributed by atoms with Crippen molar-refractivity contribution in [1.29, 1.82) is 0 Å². The number of halogens is 1. The van der Waals surface area contributed by atoms with Gasteiger partial charge in [-0.2, -0.15) is 5.10 Å². The van der Waals surface area contributed by atoms with Crippen LogP contribution in [0.15, 0.2) is 18.2 Å². The van der Waals surface area contributed by atoms with E-state index >= 15 is 4.39 Å². The monoisotopic (exact) mass is 484 g/mol. The van der Waals surface area contributed by atoms with Gasteiger partial charge in [-0.15, -0.1) is 0 Å². The summed E-state index contributed by atoms with van der Waals surface area (Å²) in [5.74, 6) is 0.265. The quantitative estimate of drug-likeness (QED) is 0.593. The van der Waals surface area contributed by atoms with Gasteiger partial charge in [-0.05, 0) is 79.6 Å². The fourth-order valence-corrected chi connectivity index (χ4v) is 6.09. The molecule has 4 heterocycles. The van der Waals surface area contributed by atoms with Crippen molar-refractivity contribution in [2.75, 3.05) is 19.6 Å². The maximum absolute atomic E-state index is 15.1. The first-order chi connectivity index (χ1) is 16.4. The largest absolute Gasteiger partial charge is 0.481 e. The molecule has 1 aromatic heterocycles. The van der Waals surface area contributed by atoms with Gasteiger partial charge in [-0.25, -0.2) is 9.18 Å². The van der Waals surface area contributed by atoms with E-state index in [-0.39, 0.29) is 18.0 Å². The van der Waals surface area contributed by atoms with Crippen molar-refractivity contribution in [2.45, 2.75) is 90.0 Å². The SMILES string of the molecule is Cc1c2c(nn1C1CCN(C(=O)OC(C)(C)C)C(C)(C)C1)-c1c(F)cccc1OC21CCNCC1. The number of aromatic nitrogens is 2. The van der Waals surface area contributed by atoms with E-state index in [2.05, 4.69) is 30.8 Å². The highest BCUT2D eigenvalue weighted by Gasteiger charge is 2.48. The number of amides is 1. The summed E-state index contributed by atoms with van der Waals surface area (Å²) in [7, 11) is 0. The first kappa shape index (κ1) is 24.1. The number of nitrogens with zero attached hydrogens (tertiary/aromatic N) is 3. The second-order valence-corrected chi connectivity index (χ2v) is 11.8. The van der Waals surface area contributed by atoms with E-state index in [1.165, 1.54) is 6.07 Å².